The smallest absolute Gasteiger partial charge is 0.226 e. The summed E-state index contributed by atoms with van der Waals surface area (Å²) in [5.41, 5.74) is 4.43. The molecule has 10 heteroatoms. The molecule has 1 aromatic carbocycles. The third kappa shape index (κ3) is 6.07. The van der Waals surface area contributed by atoms with Crippen LogP contribution in [-0.4, -0.2) is 58.5 Å². The van der Waals surface area contributed by atoms with Crippen molar-refractivity contribution in [1.29, 1.82) is 0 Å². The average Bonchev–Trinajstić information content (AvgIpc) is 3.22. The van der Waals surface area contributed by atoms with Gasteiger partial charge in [-0.05, 0) is 55.9 Å². The SMILES string of the molecule is CC1=C(CC(=O)NC[C@H]2CN(Cc3ccc(F)c(F)c3)CCO2)N=C(c2snnc2C)CC1. The molecule has 1 aromatic heterocycles. The molecule has 4 rings (SSSR count). The molecule has 33 heavy (non-hydrogen) atoms. The molecule has 1 amide bonds. The van der Waals surface area contributed by atoms with Crippen molar-refractivity contribution in [2.45, 2.75) is 45.8 Å². The van der Waals surface area contributed by atoms with E-state index in [9.17, 15) is 13.6 Å². The fraction of sp³-hybridized carbons (Fsp3) is 0.478. The van der Waals surface area contributed by atoms with E-state index in [0.717, 1.165) is 46.5 Å². The number of nitrogens with zero attached hydrogens (tertiary/aromatic N) is 4. The quantitative estimate of drug-likeness (QED) is 0.664. The first kappa shape index (κ1) is 23.6. The Morgan fingerprint density at radius 2 is 2.12 bits per heavy atom. The lowest BCUT2D eigenvalue weighted by atomic mass is 10.00. The Labute approximate surface area is 195 Å². The minimum atomic E-state index is -0.847. The van der Waals surface area contributed by atoms with Gasteiger partial charge in [-0.15, -0.1) is 5.10 Å². The first-order valence-corrected chi connectivity index (χ1v) is 11.8. The number of hydrogen-bond acceptors (Lipinski definition) is 7. The van der Waals surface area contributed by atoms with E-state index in [4.69, 9.17) is 9.73 Å². The summed E-state index contributed by atoms with van der Waals surface area (Å²) in [6, 6.07) is 3.95. The van der Waals surface area contributed by atoms with E-state index >= 15 is 0 Å². The average molecular weight is 476 g/mol. The molecule has 1 fully saturated rings. The maximum Gasteiger partial charge on any atom is 0.226 e. The Morgan fingerprint density at radius 1 is 1.27 bits per heavy atom. The first-order valence-electron chi connectivity index (χ1n) is 11.0. The second kappa shape index (κ2) is 10.6. The normalized spacial score (nSPS) is 19.5. The van der Waals surface area contributed by atoms with Gasteiger partial charge < -0.3 is 10.1 Å². The van der Waals surface area contributed by atoms with Gasteiger partial charge in [-0.2, -0.15) is 0 Å². The van der Waals surface area contributed by atoms with Crippen LogP contribution in [-0.2, 0) is 16.1 Å². The number of aryl methyl sites for hydroxylation is 1. The van der Waals surface area contributed by atoms with Crippen molar-refractivity contribution >= 4 is 23.2 Å². The second-order valence-electron chi connectivity index (χ2n) is 8.43. The lowest BCUT2D eigenvalue weighted by molar-refractivity contribution is -0.121. The van der Waals surface area contributed by atoms with Crippen molar-refractivity contribution in [3.8, 4) is 0 Å². The highest BCUT2D eigenvalue weighted by Gasteiger charge is 2.23. The number of carbonyl (C=O) groups excluding carboxylic acids is 1. The molecule has 2 aliphatic heterocycles. The number of aromatic nitrogens is 2. The number of hydrogen-bond donors (Lipinski definition) is 1. The summed E-state index contributed by atoms with van der Waals surface area (Å²) in [6.45, 7) is 6.62. The van der Waals surface area contributed by atoms with Crippen LogP contribution in [0.5, 0.6) is 0 Å². The molecule has 176 valence electrons. The Kier molecular flexibility index (Phi) is 7.56. The number of nitrogens with one attached hydrogen (secondary N) is 1. The summed E-state index contributed by atoms with van der Waals surface area (Å²) < 4.78 is 36.4. The Bertz CT molecular complexity index is 1080. The molecule has 0 saturated carbocycles. The third-order valence-electron chi connectivity index (χ3n) is 5.88. The van der Waals surface area contributed by atoms with Crippen LogP contribution in [0.3, 0.4) is 0 Å². The van der Waals surface area contributed by atoms with Crippen LogP contribution < -0.4 is 5.32 Å². The molecular formula is C23H27F2N5O2S. The van der Waals surface area contributed by atoms with Crippen LogP contribution in [0.15, 0.2) is 34.5 Å². The van der Waals surface area contributed by atoms with E-state index in [-0.39, 0.29) is 18.4 Å². The largest absolute Gasteiger partial charge is 0.374 e. The maximum absolute atomic E-state index is 13.5. The molecule has 2 aliphatic rings. The number of allylic oxidation sites excluding steroid dienone is 1. The van der Waals surface area contributed by atoms with Crippen LogP contribution in [0.4, 0.5) is 8.78 Å². The van der Waals surface area contributed by atoms with Gasteiger partial charge in [0.25, 0.3) is 0 Å². The number of carbonyl (C=O) groups is 1. The van der Waals surface area contributed by atoms with Gasteiger partial charge in [0.05, 0.1) is 35.4 Å². The van der Waals surface area contributed by atoms with E-state index in [1.165, 1.54) is 17.6 Å². The van der Waals surface area contributed by atoms with Crippen LogP contribution >= 0.6 is 11.5 Å². The van der Waals surface area contributed by atoms with Crippen molar-refractivity contribution in [1.82, 2.24) is 19.8 Å². The molecule has 0 aliphatic carbocycles. The highest BCUT2D eigenvalue weighted by Crippen LogP contribution is 2.26. The van der Waals surface area contributed by atoms with E-state index in [2.05, 4.69) is 19.8 Å². The van der Waals surface area contributed by atoms with Crippen molar-refractivity contribution in [3.05, 3.63) is 57.2 Å². The molecule has 7 nitrogen and oxygen atoms in total. The van der Waals surface area contributed by atoms with E-state index in [1.807, 2.05) is 13.8 Å². The van der Waals surface area contributed by atoms with Gasteiger partial charge in [0.2, 0.25) is 5.91 Å². The van der Waals surface area contributed by atoms with E-state index in [0.29, 0.717) is 38.3 Å². The fourth-order valence-corrected chi connectivity index (χ4v) is 4.67. The van der Waals surface area contributed by atoms with Crippen molar-refractivity contribution < 1.29 is 18.3 Å². The fourth-order valence-electron chi connectivity index (χ4n) is 4.00. The molecule has 0 radical (unpaired) electrons. The number of morpholine rings is 1. The zero-order chi connectivity index (χ0) is 23.4. The van der Waals surface area contributed by atoms with Gasteiger partial charge in [0, 0.05) is 31.9 Å². The number of benzene rings is 1. The van der Waals surface area contributed by atoms with Gasteiger partial charge >= 0.3 is 0 Å². The number of rotatable bonds is 7. The Hall–Kier alpha value is -2.56. The molecule has 1 saturated heterocycles. The molecule has 0 spiro atoms. The zero-order valence-corrected chi connectivity index (χ0v) is 19.6. The van der Waals surface area contributed by atoms with E-state index < -0.39 is 11.6 Å². The van der Waals surface area contributed by atoms with Gasteiger partial charge in [-0.3, -0.25) is 14.7 Å². The Balaban J connectivity index is 1.29. The first-order chi connectivity index (χ1) is 15.9. The van der Waals surface area contributed by atoms with Crippen LogP contribution in [0, 0.1) is 18.6 Å². The molecule has 2 aromatic rings. The summed E-state index contributed by atoms with van der Waals surface area (Å²) in [7, 11) is 0. The number of ether oxygens (including phenoxy) is 1. The minimum Gasteiger partial charge on any atom is -0.374 e. The van der Waals surface area contributed by atoms with Crippen LogP contribution in [0.25, 0.3) is 0 Å². The Morgan fingerprint density at radius 3 is 2.88 bits per heavy atom. The third-order valence-corrected chi connectivity index (χ3v) is 6.76. The summed E-state index contributed by atoms with van der Waals surface area (Å²) in [6.07, 6.45) is 1.74. The standard InChI is InChI=1S/C23H27F2N5O2S/c1-14-3-6-20(23-15(2)28-29-33-23)27-21(14)10-22(31)26-11-17-13-30(7-8-32-17)12-16-4-5-18(24)19(25)9-16/h4-5,9,17H,3,6-8,10-13H2,1-2H3,(H,26,31)/t17-/m0/s1. The van der Waals surface area contributed by atoms with Gasteiger partial charge in [0.15, 0.2) is 11.6 Å². The highest BCUT2D eigenvalue weighted by atomic mass is 32.1. The molecule has 1 atom stereocenters. The predicted molar refractivity (Wildman–Crippen MR) is 122 cm³/mol. The highest BCUT2D eigenvalue weighted by molar-refractivity contribution is 7.08. The molecule has 0 unspecified atom stereocenters. The lowest BCUT2D eigenvalue weighted by Gasteiger charge is -2.33. The molecule has 1 N–H and O–H groups in total. The summed E-state index contributed by atoms with van der Waals surface area (Å²) >= 11 is 1.33. The molecule has 0 bridgehead atoms. The van der Waals surface area contributed by atoms with Gasteiger partial charge in [-0.25, -0.2) is 8.78 Å². The second-order valence-corrected chi connectivity index (χ2v) is 9.18. The summed E-state index contributed by atoms with van der Waals surface area (Å²) in [4.78, 5) is 20.5. The molecule has 3 heterocycles. The van der Waals surface area contributed by atoms with Gasteiger partial charge in [-0.1, -0.05) is 16.1 Å². The monoisotopic (exact) mass is 475 g/mol. The minimum absolute atomic E-state index is 0.102. The number of halogens is 2. The lowest BCUT2D eigenvalue weighted by Crippen LogP contribution is -2.47. The summed E-state index contributed by atoms with van der Waals surface area (Å²) in [5.74, 6) is -1.79. The van der Waals surface area contributed by atoms with Crippen molar-refractivity contribution in [2.24, 2.45) is 4.99 Å². The van der Waals surface area contributed by atoms with E-state index in [1.54, 1.807) is 6.07 Å². The van der Waals surface area contributed by atoms with Crippen molar-refractivity contribution in [2.75, 3.05) is 26.2 Å². The number of aliphatic imine (C=N–C) groups is 1. The topological polar surface area (TPSA) is 79.7 Å². The van der Waals surface area contributed by atoms with Gasteiger partial charge in [0.1, 0.15) is 0 Å². The van der Waals surface area contributed by atoms with Crippen LogP contribution in [0.2, 0.25) is 0 Å². The maximum atomic E-state index is 13.5. The molecular weight excluding hydrogens is 448 g/mol. The van der Waals surface area contributed by atoms with Crippen molar-refractivity contribution in [3.63, 3.8) is 0 Å². The zero-order valence-electron chi connectivity index (χ0n) is 18.7. The number of amides is 1. The predicted octanol–water partition coefficient (Wildman–Crippen LogP) is 3.39. The summed E-state index contributed by atoms with van der Waals surface area (Å²) in [5, 5.41) is 7.01. The van der Waals surface area contributed by atoms with Crippen LogP contribution in [0.1, 0.15) is 42.3 Å².